The number of fused-ring (bicyclic) bond motifs is 1. The molecule has 0 aliphatic rings. The first-order valence-electron chi connectivity index (χ1n) is 9.76. The monoisotopic (exact) mass is 417 g/mol. The van der Waals surface area contributed by atoms with Crippen LogP contribution in [0.1, 0.15) is 20.3 Å². The van der Waals surface area contributed by atoms with Gasteiger partial charge in [-0.1, -0.05) is 10.6 Å². The average Bonchev–Trinajstić information content (AvgIpc) is 3.33. The van der Waals surface area contributed by atoms with Crippen molar-refractivity contribution in [1.82, 2.24) is 14.7 Å². The minimum atomic E-state index is -0.869. The summed E-state index contributed by atoms with van der Waals surface area (Å²) in [5.74, 6) is 0.131. The zero-order chi connectivity index (χ0) is 22.1. The third-order valence-corrected chi connectivity index (χ3v) is 4.73. The summed E-state index contributed by atoms with van der Waals surface area (Å²) in [4.78, 5) is 15.3. The van der Waals surface area contributed by atoms with Crippen LogP contribution in [0.5, 0.6) is 11.5 Å². The number of aromatic hydroxyl groups is 1. The molecule has 0 amide bonds. The highest BCUT2D eigenvalue weighted by Crippen LogP contribution is 2.32. The summed E-state index contributed by atoms with van der Waals surface area (Å²) in [5, 5.41) is 23.9. The number of aromatic nitrogens is 3. The van der Waals surface area contributed by atoms with Crippen molar-refractivity contribution in [1.29, 1.82) is 0 Å². The predicted octanol–water partition coefficient (Wildman–Crippen LogP) is 3.12. The van der Waals surface area contributed by atoms with E-state index in [0.29, 0.717) is 34.7 Å². The standard InChI is InChI=1S/C22H20BN3O5/c1-12(2)30-19-6-4-14(10-18(19)27)22-24-21(25-31-22)13-3-5-17-15(9-13)16(23)11-26(17)8-7-20(28)29/h3-6,9-12,27H,7-8H2,1-2H3,(H,28,29). The Labute approximate surface area is 179 Å². The number of hydrogen-bond donors (Lipinski definition) is 2. The van der Waals surface area contributed by atoms with Crippen LogP contribution in [0.4, 0.5) is 0 Å². The molecular formula is C22H20BN3O5. The van der Waals surface area contributed by atoms with E-state index >= 15 is 0 Å². The highest BCUT2D eigenvalue weighted by Gasteiger charge is 2.15. The smallest absolute Gasteiger partial charge is 0.305 e. The number of aliphatic carboxylic acids is 1. The maximum absolute atomic E-state index is 10.9. The number of carbonyl (C=O) groups is 1. The fourth-order valence-corrected chi connectivity index (χ4v) is 3.33. The first kappa shape index (κ1) is 20.5. The largest absolute Gasteiger partial charge is 0.504 e. The second-order valence-electron chi connectivity index (χ2n) is 7.43. The number of hydrogen-bond acceptors (Lipinski definition) is 6. The molecular weight excluding hydrogens is 397 g/mol. The summed E-state index contributed by atoms with van der Waals surface area (Å²) >= 11 is 0. The van der Waals surface area contributed by atoms with E-state index in [0.717, 1.165) is 10.9 Å². The first-order valence-corrected chi connectivity index (χ1v) is 9.76. The molecule has 2 radical (unpaired) electrons. The lowest BCUT2D eigenvalue weighted by Gasteiger charge is -2.11. The van der Waals surface area contributed by atoms with E-state index in [2.05, 4.69) is 10.1 Å². The molecule has 2 aromatic heterocycles. The maximum Gasteiger partial charge on any atom is 0.305 e. The Morgan fingerprint density at radius 1 is 1.23 bits per heavy atom. The third-order valence-electron chi connectivity index (χ3n) is 4.73. The Morgan fingerprint density at radius 3 is 2.71 bits per heavy atom. The van der Waals surface area contributed by atoms with Gasteiger partial charge in [-0.2, -0.15) is 4.98 Å². The lowest BCUT2D eigenvalue weighted by Crippen LogP contribution is -2.05. The van der Waals surface area contributed by atoms with Crippen LogP contribution in [0, 0.1) is 0 Å². The number of aryl methyl sites for hydroxylation is 1. The Bertz CT molecular complexity index is 1260. The van der Waals surface area contributed by atoms with Gasteiger partial charge in [0.2, 0.25) is 5.82 Å². The Morgan fingerprint density at radius 2 is 2.00 bits per heavy atom. The van der Waals surface area contributed by atoms with Crippen LogP contribution in [0.15, 0.2) is 47.1 Å². The minimum absolute atomic E-state index is 0.00696. The van der Waals surface area contributed by atoms with E-state index < -0.39 is 5.97 Å². The lowest BCUT2D eigenvalue weighted by atomic mass is 9.95. The SMILES string of the molecule is [B]c1cn(CCC(=O)O)c2ccc(-c3noc(-c4ccc(OC(C)C)c(O)c4)n3)cc12. The zero-order valence-corrected chi connectivity index (χ0v) is 17.1. The first-order chi connectivity index (χ1) is 14.8. The van der Waals surface area contributed by atoms with E-state index in [1.54, 1.807) is 18.3 Å². The second-order valence-corrected chi connectivity index (χ2v) is 7.43. The second kappa shape index (κ2) is 8.18. The highest BCUT2D eigenvalue weighted by molar-refractivity contribution is 6.39. The fourth-order valence-electron chi connectivity index (χ4n) is 3.33. The van der Waals surface area contributed by atoms with Crippen LogP contribution >= 0.6 is 0 Å². The number of nitrogens with zero attached hydrogens (tertiary/aromatic N) is 3. The number of carboxylic acid groups (broad SMARTS) is 1. The summed E-state index contributed by atoms with van der Waals surface area (Å²) in [6.45, 7) is 4.08. The van der Waals surface area contributed by atoms with Crippen molar-refractivity contribution in [3.8, 4) is 34.3 Å². The predicted molar refractivity (Wildman–Crippen MR) is 116 cm³/mol. The molecule has 0 atom stereocenters. The number of rotatable bonds is 7. The molecule has 2 aromatic carbocycles. The van der Waals surface area contributed by atoms with E-state index in [4.69, 9.17) is 22.2 Å². The molecule has 0 fully saturated rings. The average molecular weight is 417 g/mol. The highest BCUT2D eigenvalue weighted by atomic mass is 16.5. The molecule has 156 valence electrons. The molecule has 9 heteroatoms. The van der Waals surface area contributed by atoms with Gasteiger partial charge in [-0.05, 0) is 61.8 Å². The van der Waals surface area contributed by atoms with Gasteiger partial charge < -0.3 is 24.0 Å². The quantitative estimate of drug-likeness (QED) is 0.445. The summed E-state index contributed by atoms with van der Waals surface area (Å²) < 4.78 is 12.7. The van der Waals surface area contributed by atoms with Crippen molar-refractivity contribution in [2.75, 3.05) is 0 Å². The van der Waals surface area contributed by atoms with Gasteiger partial charge in [0.25, 0.3) is 5.89 Å². The molecule has 0 saturated heterocycles. The van der Waals surface area contributed by atoms with Gasteiger partial charge >= 0.3 is 5.97 Å². The molecule has 31 heavy (non-hydrogen) atoms. The molecule has 0 unspecified atom stereocenters. The van der Waals surface area contributed by atoms with E-state index in [9.17, 15) is 9.90 Å². The van der Waals surface area contributed by atoms with Crippen molar-refractivity contribution in [2.24, 2.45) is 0 Å². The van der Waals surface area contributed by atoms with Crippen molar-refractivity contribution >= 4 is 30.2 Å². The van der Waals surface area contributed by atoms with Crippen molar-refractivity contribution < 1.29 is 24.3 Å². The van der Waals surface area contributed by atoms with Gasteiger partial charge in [0.1, 0.15) is 7.85 Å². The summed E-state index contributed by atoms with van der Waals surface area (Å²) in [5.41, 5.74) is 2.63. The Hall–Kier alpha value is -3.75. The van der Waals surface area contributed by atoms with Crippen LogP contribution in [-0.2, 0) is 11.3 Å². The van der Waals surface area contributed by atoms with Gasteiger partial charge in [0, 0.05) is 23.2 Å². The van der Waals surface area contributed by atoms with Crippen molar-refractivity contribution in [3.05, 3.63) is 42.6 Å². The van der Waals surface area contributed by atoms with E-state index in [1.165, 1.54) is 6.07 Å². The molecule has 2 heterocycles. The Kier molecular flexibility index (Phi) is 5.41. The molecule has 2 N–H and O–H groups in total. The Balaban J connectivity index is 1.62. The molecule has 8 nitrogen and oxygen atoms in total. The van der Waals surface area contributed by atoms with E-state index in [1.807, 2.05) is 36.6 Å². The summed E-state index contributed by atoms with van der Waals surface area (Å²) in [6, 6.07) is 10.4. The number of benzene rings is 2. The van der Waals surface area contributed by atoms with Gasteiger partial charge in [-0.15, -0.1) is 0 Å². The normalized spacial score (nSPS) is 11.3. The zero-order valence-electron chi connectivity index (χ0n) is 17.1. The summed E-state index contributed by atoms with van der Waals surface area (Å²) in [6.07, 6.45) is 1.67. The van der Waals surface area contributed by atoms with Gasteiger partial charge in [0.15, 0.2) is 11.5 Å². The molecule has 0 saturated carbocycles. The minimum Gasteiger partial charge on any atom is -0.504 e. The van der Waals surface area contributed by atoms with Crippen LogP contribution in [0.25, 0.3) is 33.7 Å². The van der Waals surface area contributed by atoms with Crippen LogP contribution in [0.3, 0.4) is 0 Å². The fraction of sp³-hybridized carbons (Fsp3) is 0.227. The molecule has 0 aliphatic heterocycles. The van der Waals surface area contributed by atoms with Crippen LogP contribution in [-0.4, -0.2) is 44.8 Å². The third kappa shape index (κ3) is 4.25. The molecule has 0 bridgehead atoms. The van der Waals surface area contributed by atoms with Gasteiger partial charge in [-0.3, -0.25) is 4.79 Å². The number of phenolic OH excluding ortho intramolecular Hbond substituents is 1. The van der Waals surface area contributed by atoms with Crippen LogP contribution in [0.2, 0.25) is 0 Å². The van der Waals surface area contributed by atoms with Crippen molar-refractivity contribution in [2.45, 2.75) is 32.9 Å². The number of ether oxygens (including phenoxy) is 1. The van der Waals surface area contributed by atoms with Crippen LogP contribution < -0.4 is 10.2 Å². The number of phenols is 1. The molecule has 4 aromatic rings. The molecule has 0 aliphatic carbocycles. The lowest BCUT2D eigenvalue weighted by molar-refractivity contribution is -0.137. The maximum atomic E-state index is 10.9. The summed E-state index contributed by atoms with van der Waals surface area (Å²) in [7, 11) is 6.12. The van der Waals surface area contributed by atoms with E-state index in [-0.39, 0.29) is 24.2 Å². The van der Waals surface area contributed by atoms with Gasteiger partial charge in [0.05, 0.1) is 12.5 Å². The molecule has 4 rings (SSSR count). The molecule has 0 spiro atoms. The van der Waals surface area contributed by atoms with Crippen molar-refractivity contribution in [3.63, 3.8) is 0 Å². The number of carboxylic acids is 1. The topological polar surface area (TPSA) is 111 Å². The van der Waals surface area contributed by atoms with Gasteiger partial charge in [-0.25, -0.2) is 0 Å².